The number of nitrogens with one attached hydrogen (secondary N) is 1. The van der Waals surface area contributed by atoms with E-state index in [4.69, 9.17) is 16.3 Å². The zero-order valence-electron chi connectivity index (χ0n) is 11.9. The third kappa shape index (κ3) is 5.80. The molecule has 1 aromatic rings. The van der Waals surface area contributed by atoms with Crippen LogP contribution in [0.15, 0.2) is 24.3 Å². The minimum atomic E-state index is -0.510. The number of aliphatic hydroxyl groups excluding tert-OH is 1. The van der Waals surface area contributed by atoms with Crippen LogP contribution in [0.1, 0.15) is 26.7 Å². The normalized spacial score (nSPS) is 12.2. The second kappa shape index (κ2) is 8.82. The van der Waals surface area contributed by atoms with Crippen molar-refractivity contribution in [3.8, 4) is 5.75 Å². The number of carbonyl (C=O) groups is 1. The Morgan fingerprint density at radius 2 is 1.90 bits per heavy atom. The summed E-state index contributed by atoms with van der Waals surface area (Å²) in [6.45, 7) is 4.25. The van der Waals surface area contributed by atoms with Gasteiger partial charge in [0, 0.05) is 11.6 Å². The third-order valence-electron chi connectivity index (χ3n) is 3.28. The van der Waals surface area contributed by atoms with Crippen molar-refractivity contribution in [2.75, 3.05) is 13.2 Å². The summed E-state index contributed by atoms with van der Waals surface area (Å²) in [5.74, 6) is 0.558. The molecule has 1 unspecified atom stereocenters. The van der Waals surface area contributed by atoms with Gasteiger partial charge in [0.2, 0.25) is 0 Å². The lowest BCUT2D eigenvalue weighted by atomic mass is 9.97. The predicted octanol–water partition coefficient (Wildman–Crippen LogP) is 2.63. The summed E-state index contributed by atoms with van der Waals surface area (Å²) in [6, 6.07) is 6.81. The van der Waals surface area contributed by atoms with Crippen LogP contribution in [0.25, 0.3) is 0 Å². The zero-order valence-corrected chi connectivity index (χ0v) is 12.7. The van der Waals surface area contributed by atoms with Crippen molar-refractivity contribution in [1.82, 2.24) is 5.32 Å². The van der Waals surface area contributed by atoms with E-state index in [1.807, 2.05) is 13.8 Å². The predicted molar refractivity (Wildman–Crippen MR) is 80.0 cm³/mol. The standard InChI is InChI=1S/C15H22ClNO3/c1-3-11(4-2)14(18)9-17-15(19)10-20-13-7-5-12(16)6-8-13/h5-8,11,14,18H,3-4,9-10H2,1-2H3,(H,17,19). The van der Waals surface area contributed by atoms with Gasteiger partial charge in [-0.3, -0.25) is 4.79 Å². The van der Waals surface area contributed by atoms with Crippen molar-refractivity contribution in [3.05, 3.63) is 29.3 Å². The van der Waals surface area contributed by atoms with Gasteiger partial charge in [-0.2, -0.15) is 0 Å². The number of halogens is 1. The first kappa shape index (κ1) is 16.8. The molecule has 0 bridgehead atoms. The highest BCUT2D eigenvalue weighted by Crippen LogP contribution is 2.15. The number of benzene rings is 1. The summed E-state index contributed by atoms with van der Waals surface area (Å²) in [7, 11) is 0. The number of hydrogen-bond donors (Lipinski definition) is 2. The Hall–Kier alpha value is -1.26. The highest BCUT2D eigenvalue weighted by Gasteiger charge is 2.16. The molecule has 1 rings (SSSR count). The van der Waals surface area contributed by atoms with Crippen molar-refractivity contribution in [2.24, 2.45) is 5.92 Å². The molecule has 0 heterocycles. The maximum absolute atomic E-state index is 11.6. The van der Waals surface area contributed by atoms with E-state index in [9.17, 15) is 9.90 Å². The van der Waals surface area contributed by atoms with Gasteiger partial charge in [0.1, 0.15) is 5.75 Å². The minimum Gasteiger partial charge on any atom is -0.484 e. The number of rotatable bonds is 8. The summed E-state index contributed by atoms with van der Waals surface area (Å²) >= 11 is 5.75. The summed E-state index contributed by atoms with van der Waals surface area (Å²) in [4.78, 5) is 11.6. The van der Waals surface area contributed by atoms with Crippen LogP contribution in [0.4, 0.5) is 0 Å². The van der Waals surface area contributed by atoms with Crippen LogP contribution in [0.3, 0.4) is 0 Å². The van der Waals surface area contributed by atoms with Gasteiger partial charge >= 0.3 is 0 Å². The van der Waals surface area contributed by atoms with Crippen LogP contribution in [-0.2, 0) is 4.79 Å². The van der Waals surface area contributed by atoms with Gasteiger partial charge in [0.15, 0.2) is 6.61 Å². The molecular formula is C15H22ClNO3. The molecule has 112 valence electrons. The van der Waals surface area contributed by atoms with E-state index in [-0.39, 0.29) is 25.0 Å². The van der Waals surface area contributed by atoms with Gasteiger partial charge in [0.25, 0.3) is 5.91 Å². The molecule has 1 amide bonds. The lowest BCUT2D eigenvalue weighted by Crippen LogP contribution is -2.38. The number of hydrogen-bond acceptors (Lipinski definition) is 3. The summed E-state index contributed by atoms with van der Waals surface area (Å²) in [5.41, 5.74) is 0. The van der Waals surface area contributed by atoms with Crippen LogP contribution < -0.4 is 10.1 Å². The van der Waals surface area contributed by atoms with E-state index in [2.05, 4.69) is 5.32 Å². The highest BCUT2D eigenvalue weighted by molar-refractivity contribution is 6.30. The Morgan fingerprint density at radius 1 is 1.30 bits per heavy atom. The topological polar surface area (TPSA) is 58.6 Å². The maximum atomic E-state index is 11.6. The molecule has 0 saturated heterocycles. The monoisotopic (exact) mass is 299 g/mol. The fraction of sp³-hybridized carbons (Fsp3) is 0.533. The first-order chi connectivity index (χ1) is 9.56. The summed E-state index contributed by atoms with van der Waals surface area (Å²) in [5, 5.41) is 13.2. The van der Waals surface area contributed by atoms with E-state index in [0.29, 0.717) is 10.8 Å². The second-order valence-corrected chi connectivity index (χ2v) is 5.13. The Balaban J connectivity index is 2.28. The molecule has 4 nitrogen and oxygen atoms in total. The molecule has 0 aliphatic rings. The van der Waals surface area contributed by atoms with Crippen LogP contribution >= 0.6 is 11.6 Å². The molecule has 0 aromatic heterocycles. The molecule has 5 heteroatoms. The fourth-order valence-corrected chi connectivity index (χ4v) is 2.07. The smallest absolute Gasteiger partial charge is 0.258 e. The average molecular weight is 300 g/mol. The zero-order chi connectivity index (χ0) is 15.0. The lowest BCUT2D eigenvalue weighted by molar-refractivity contribution is -0.123. The third-order valence-corrected chi connectivity index (χ3v) is 3.54. The van der Waals surface area contributed by atoms with Crippen molar-refractivity contribution in [2.45, 2.75) is 32.8 Å². The van der Waals surface area contributed by atoms with E-state index in [0.717, 1.165) is 12.8 Å². The van der Waals surface area contributed by atoms with E-state index >= 15 is 0 Å². The first-order valence-corrected chi connectivity index (χ1v) is 7.27. The SMILES string of the molecule is CCC(CC)C(O)CNC(=O)COc1ccc(Cl)cc1. The molecular weight excluding hydrogens is 278 g/mol. The van der Waals surface area contributed by atoms with Crippen LogP contribution in [0.2, 0.25) is 5.02 Å². The van der Waals surface area contributed by atoms with Gasteiger partial charge in [-0.05, 0) is 30.2 Å². The molecule has 1 aromatic carbocycles. The number of ether oxygens (including phenoxy) is 1. The first-order valence-electron chi connectivity index (χ1n) is 6.89. The van der Waals surface area contributed by atoms with Gasteiger partial charge in [0.05, 0.1) is 6.10 Å². The Bertz CT molecular complexity index is 404. The Kier molecular flexibility index (Phi) is 7.41. The largest absolute Gasteiger partial charge is 0.484 e. The molecule has 0 saturated carbocycles. The molecule has 0 aliphatic heterocycles. The lowest BCUT2D eigenvalue weighted by Gasteiger charge is -2.20. The van der Waals surface area contributed by atoms with E-state index < -0.39 is 6.10 Å². The van der Waals surface area contributed by atoms with Gasteiger partial charge in [-0.1, -0.05) is 38.3 Å². The van der Waals surface area contributed by atoms with Crippen molar-refractivity contribution in [3.63, 3.8) is 0 Å². The molecule has 2 N–H and O–H groups in total. The van der Waals surface area contributed by atoms with Crippen LogP contribution in [0, 0.1) is 5.92 Å². The minimum absolute atomic E-state index is 0.0722. The van der Waals surface area contributed by atoms with Crippen molar-refractivity contribution in [1.29, 1.82) is 0 Å². The van der Waals surface area contributed by atoms with E-state index in [1.165, 1.54) is 0 Å². The van der Waals surface area contributed by atoms with Gasteiger partial charge < -0.3 is 15.2 Å². The van der Waals surface area contributed by atoms with Crippen molar-refractivity contribution >= 4 is 17.5 Å². The average Bonchev–Trinajstić information content (AvgIpc) is 2.45. The summed E-state index contributed by atoms with van der Waals surface area (Å²) in [6.07, 6.45) is 1.29. The molecule has 0 aliphatic carbocycles. The quantitative estimate of drug-likeness (QED) is 0.776. The molecule has 0 radical (unpaired) electrons. The maximum Gasteiger partial charge on any atom is 0.258 e. The fourth-order valence-electron chi connectivity index (χ4n) is 1.95. The van der Waals surface area contributed by atoms with Crippen LogP contribution in [-0.4, -0.2) is 30.3 Å². The Morgan fingerprint density at radius 3 is 2.45 bits per heavy atom. The molecule has 0 fully saturated rings. The van der Waals surface area contributed by atoms with Crippen molar-refractivity contribution < 1.29 is 14.6 Å². The molecule has 0 spiro atoms. The van der Waals surface area contributed by atoms with E-state index in [1.54, 1.807) is 24.3 Å². The summed E-state index contributed by atoms with van der Waals surface area (Å²) < 4.78 is 5.32. The van der Waals surface area contributed by atoms with Gasteiger partial charge in [-0.25, -0.2) is 0 Å². The molecule has 1 atom stereocenters. The number of amides is 1. The highest BCUT2D eigenvalue weighted by atomic mass is 35.5. The number of carbonyl (C=O) groups excluding carboxylic acids is 1. The second-order valence-electron chi connectivity index (χ2n) is 4.69. The van der Waals surface area contributed by atoms with Gasteiger partial charge in [-0.15, -0.1) is 0 Å². The van der Waals surface area contributed by atoms with Crippen LogP contribution in [0.5, 0.6) is 5.75 Å². The Labute approximate surface area is 125 Å². The number of aliphatic hydroxyl groups is 1. The molecule has 20 heavy (non-hydrogen) atoms.